The number of likely N-dealkylation sites (N-methyl/N-ethyl adjacent to an activating group) is 1. The third kappa shape index (κ3) is 1.94. The Kier molecular flexibility index (Phi) is 2.80. The zero-order chi connectivity index (χ0) is 13.7. The van der Waals surface area contributed by atoms with Crippen LogP contribution >= 0.6 is 0 Å². The summed E-state index contributed by atoms with van der Waals surface area (Å²) >= 11 is 0. The highest BCUT2D eigenvalue weighted by Crippen LogP contribution is 2.47. The van der Waals surface area contributed by atoms with E-state index < -0.39 is 0 Å². The van der Waals surface area contributed by atoms with Crippen molar-refractivity contribution in [3.63, 3.8) is 0 Å². The first-order valence-electron chi connectivity index (χ1n) is 6.54. The molecular formula is C16H23NO. The van der Waals surface area contributed by atoms with Gasteiger partial charge in [-0.2, -0.15) is 0 Å². The number of fused-ring (bicyclic) bond motifs is 1. The molecule has 0 bridgehead atoms. The normalized spacial score (nSPS) is 23.4. The van der Waals surface area contributed by atoms with Crippen molar-refractivity contribution in [3.05, 3.63) is 29.3 Å². The lowest BCUT2D eigenvalue weighted by Gasteiger charge is -2.31. The molecule has 98 valence electrons. The topological polar surface area (TPSA) is 20.3 Å². The molecule has 2 rings (SSSR count). The lowest BCUT2D eigenvalue weighted by Crippen LogP contribution is -2.39. The van der Waals surface area contributed by atoms with Gasteiger partial charge in [0.15, 0.2) is 0 Å². The van der Waals surface area contributed by atoms with Crippen molar-refractivity contribution in [2.45, 2.75) is 46.5 Å². The van der Waals surface area contributed by atoms with Gasteiger partial charge in [0, 0.05) is 12.7 Å². The molecule has 0 unspecified atom stereocenters. The first-order valence-corrected chi connectivity index (χ1v) is 6.54. The van der Waals surface area contributed by atoms with Gasteiger partial charge < -0.3 is 4.90 Å². The van der Waals surface area contributed by atoms with Gasteiger partial charge in [0.1, 0.15) is 0 Å². The molecule has 2 nitrogen and oxygen atoms in total. The fourth-order valence-electron chi connectivity index (χ4n) is 3.21. The van der Waals surface area contributed by atoms with Crippen molar-refractivity contribution < 1.29 is 4.79 Å². The van der Waals surface area contributed by atoms with Crippen LogP contribution < -0.4 is 4.90 Å². The van der Waals surface area contributed by atoms with Crippen LogP contribution in [0.3, 0.4) is 0 Å². The molecule has 1 atom stereocenters. The number of benzene rings is 1. The molecule has 1 amide bonds. The zero-order valence-corrected chi connectivity index (χ0v) is 12.3. The molecule has 0 N–H and O–H groups in total. The number of rotatable bonds is 1. The Morgan fingerprint density at radius 2 is 1.89 bits per heavy atom. The first-order chi connectivity index (χ1) is 8.15. The Balaban J connectivity index is 2.57. The van der Waals surface area contributed by atoms with Gasteiger partial charge in [0.05, 0.1) is 5.41 Å². The summed E-state index contributed by atoms with van der Waals surface area (Å²) in [5.74, 6) is 0.220. The maximum Gasteiger partial charge on any atom is 0.237 e. The van der Waals surface area contributed by atoms with Crippen molar-refractivity contribution in [2.75, 3.05) is 11.9 Å². The molecule has 1 aromatic rings. The molecule has 0 spiro atoms. The van der Waals surface area contributed by atoms with Crippen molar-refractivity contribution in [3.8, 4) is 0 Å². The molecular weight excluding hydrogens is 222 g/mol. The molecule has 1 aromatic carbocycles. The van der Waals surface area contributed by atoms with Crippen molar-refractivity contribution in [1.29, 1.82) is 0 Å². The predicted octanol–water partition coefficient (Wildman–Crippen LogP) is 3.67. The molecule has 0 radical (unpaired) electrons. The largest absolute Gasteiger partial charge is 0.314 e. The Morgan fingerprint density at radius 3 is 2.44 bits per heavy atom. The maximum atomic E-state index is 12.6. The zero-order valence-electron chi connectivity index (χ0n) is 12.3. The average molecular weight is 245 g/mol. The minimum absolute atomic E-state index is 0.136. The maximum absolute atomic E-state index is 12.6. The first kappa shape index (κ1) is 13.1. The average Bonchev–Trinajstić information content (AvgIpc) is 2.39. The highest BCUT2D eigenvalue weighted by atomic mass is 16.2. The number of carbonyl (C=O) groups is 1. The summed E-state index contributed by atoms with van der Waals surface area (Å²) in [4.78, 5) is 14.4. The van der Waals surface area contributed by atoms with Gasteiger partial charge in [0.2, 0.25) is 5.91 Å². The van der Waals surface area contributed by atoms with Gasteiger partial charge in [0.25, 0.3) is 0 Å². The van der Waals surface area contributed by atoms with E-state index >= 15 is 0 Å². The quantitative estimate of drug-likeness (QED) is 0.739. The number of nitrogens with zero attached hydrogens (tertiary/aromatic N) is 1. The van der Waals surface area contributed by atoms with Crippen LogP contribution in [0.25, 0.3) is 0 Å². The number of carbonyl (C=O) groups excluding carboxylic acids is 1. The summed E-state index contributed by atoms with van der Waals surface area (Å²) in [5.41, 5.74) is 3.23. The van der Waals surface area contributed by atoms with Crippen molar-refractivity contribution in [2.24, 2.45) is 5.41 Å². The van der Waals surface area contributed by atoms with Gasteiger partial charge in [-0.1, -0.05) is 38.5 Å². The van der Waals surface area contributed by atoms with Gasteiger partial charge in [-0.05, 0) is 37.3 Å². The molecule has 2 heteroatoms. The smallest absolute Gasteiger partial charge is 0.237 e. The second-order valence-corrected chi connectivity index (χ2v) is 6.95. The number of anilines is 1. The summed E-state index contributed by atoms with van der Waals surface area (Å²) in [6.45, 7) is 10.8. The van der Waals surface area contributed by atoms with E-state index in [0.717, 1.165) is 12.1 Å². The van der Waals surface area contributed by atoms with Gasteiger partial charge in [-0.25, -0.2) is 0 Å². The monoisotopic (exact) mass is 245 g/mol. The van der Waals surface area contributed by atoms with E-state index in [2.05, 4.69) is 52.8 Å². The van der Waals surface area contributed by atoms with Crippen LogP contribution in [0.15, 0.2) is 18.2 Å². The van der Waals surface area contributed by atoms with Crippen LogP contribution in [0.2, 0.25) is 0 Å². The summed E-state index contributed by atoms with van der Waals surface area (Å²) in [6, 6.07) is 6.31. The number of amides is 1. The van der Waals surface area contributed by atoms with Crippen LogP contribution in [0, 0.1) is 12.3 Å². The number of hydrogen-bond donors (Lipinski definition) is 0. The summed E-state index contributed by atoms with van der Waals surface area (Å²) in [7, 11) is 1.88. The van der Waals surface area contributed by atoms with Gasteiger partial charge >= 0.3 is 0 Å². The van der Waals surface area contributed by atoms with Crippen molar-refractivity contribution >= 4 is 11.6 Å². The SMILES string of the molecule is Cc1ccc2c(c1)[C@@](C)(CC(C)(C)C)C(=O)N2C. The van der Waals surface area contributed by atoms with E-state index in [9.17, 15) is 4.79 Å². The molecule has 18 heavy (non-hydrogen) atoms. The van der Waals surface area contributed by atoms with E-state index in [1.165, 1.54) is 11.1 Å². The van der Waals surface area contributed by atoms with Crippen LogP contribution in [-0.2, 0) is 10.2 Å². The Labute approximate surface area is 110 Å². The van der Waals surface area contributed by atoms with E-state index in [4.69, 9.17) is 0 Å². The summed E-state index contributed by atoms with van der Waals surface area (Å²) < 4.78 is 0. The molecule has 1 aliphatic heterocycles. The van der Waals surface area contributed by atoms with E-state index in [1.54, 1.807) is 4.90 Å². The molecule has 0 saturated heterocycles. The molecule has 1 aliphatic rings. The van der Waals surface area contributed by atoms with Crippen LogP contribution in [-0.4, -0.2) is 13.0 Å². The minimum atomic E-state index is -0.381. The fourth-order valence-corrected chi connectivity index (χ4v) is 3.21. The number of aryl methyl sites for hydroxylation is 1. The van der Waals surface area contributed by atoms with Crippen LogP contribution in [0.4, 0.5) is 5.69 Å². The second kappa shape index (κ2) is 3.84. The van der Waals surface area contributed by atoms with E-state index in [1.807, 2.05) is 7.05 Å². The summed E-state index contributed by atoms with van der Waals surface area (Å²) in [5, 5.41) is 0. The predicted molar refractivity (Wildman–Crippen MR) is 76.0 cm³/mol. The standard InChI is InChI=1S/C16H23NO/c1-11-7-8-13-12(9-11)16(5,10-15(2,3)4)14(18)17(13)6/h7-9H,10H2,1-6H3/t16-/m1/s1. The molecule has 0 fully saturated rings. The Hall–Kier alpha value is -1.31. The summed E-state index contributed by atoms with van der Waals surface area (Å²) in [6.07, 6.45) is 0.875. The molecule has 1 heterocycles. The van der Waals surface area contributed by atoms with Crippen LogP contribution in [0.5, 0.6) is 0 Å². The van der Waals surface area contributed by atoms with Crippen LogP contribution in [0.1, 0.15) is 45.2 Å². The highest BCUT2D eigenvalue weighted by molar-refractivity contribution is 6.07. The van der Waals surface area contributed by atoms with Crippen molar-refractivity contribution in [1.82, 2.24) is 0 Å². The lowest BCUT2D eigenvalue weighted by atomic mass is 9.71. The van der Waals surface area contributed by atoms with Gasteiger partial charge in [-0.3, -0.25) is 4.79 Å². The second-order valence-electron chi connectivity index (χ2n) is 6.95. The van der Waals surface area contributed by atoms with E-state index in [-0.39, 0.29) is 16.7 Å². The molecule has 0 saturated carbocycles. The Morgan fingerprint density at radius 1 is 1.28 bits per heavy atom. The highest BCUT2D eigenvalue weighted by Gasteiger charge is 2.47. The minimum Gasteiger partial charge on any atom is -0.314 e. The van der Waals surface area contributed by atoms with E-state index in [0.29, 0.717) is 0 Å². The van der Waals surface area contributed by atoms with Gasteiger partial charge in [-0.15, -0.1) is 0 Å². The fraction of sp³-hybridized carbons (Fsp3) is 0.562. The Bertz CT molecular complexity index is 498. The number of hydrogen-bond acceptors (Lipinski definition) is 1. The third-order valence-electron chi connectivity index (χ3n) is 3.77. The molecule has 0 aliphatic carbocycles. The lowest BCUT2D eigenvalue weighted by molar-refractivity contribution is -0.123. The molecule has 0 aromatic heterocycles. The third-order valence-corrected chi connectivity index (χ3v) is 3.77.